The van der Waals surface area contributed by atoms with Crippen LogP contribution in [0.15, 0.2) is 24.3 Å². The normalized spacial score (nSPS) is 15.4. The minimum atomic E-state index is -0.709. The van der Waals surface area contributed by atoms with E-state index in [1.54, 1.807) is 31.2 Å². The molecule has 1 aromatic rings. The molecular formula is C16H22N2O4. The highest BCUT2D eigenvalue weighted by Crippen LogP contribution is 2.25. The van der Waals surface area contributed by atoms with Gasteiger partial charge in [0.2, 0.25) is 5.91 Å². The van der Waals surface area contributed by atoms with Crippen LogP contribution in [0.4, 0.5) is 0 Å². The molecular weight excluding hydrogens is 284 g/mol. The van der Waals surface area contributed by atoms with Crippen LogP contribution in [0.3, 0.4) is 0 Å². The Morgan fingerprint density at radius 3 is 2.36 bits per heavy atom. The molecule has 1 aliphatic rings. The Morgan fingerprint density at radius 2 is 1.82 bits per heavy atom. The van der Waals surface area contributed by atoms with Gasteiger partial charge in [-0.05, 0) is 51.0 Å². The smallest absolute Gasteiger partial charge is 0.279 e. The molecule has 22 heavy (non-hydrogen) atoms. The predicted octanol–water partition coefficient (Wildman–Crippen LogP) is 1.80. The molecule has 6 nitrogen and oxygen atoms in total. The lowest BCUT2D eigenvalue weighted by Gasteiger charge is -2.24. The minimum absolute atomic E-state index is 0.0302. The fourth-order valence-electron chi connectivity index (χ4n) is 2.04. The first-order valence-electron chi connectivity index (χ1n) is 7.59. The molecule has 0 radical (unpaired) electrons. The zero-order valence-electron chi connectivity index (χ0n) is 12.9. The molecule has 120 valence electrons. The maximum Gasteiger partial charge on any atom is 0.279 e. The van der Waals surface area contributed by atoms with E-state index in [-0.39, 0.29) is 17.7 Å². The number of hydrazine groups is 1. The maximum absolute atomic E-state index is 11.9. The van der Waals surface area contributed by atoms with E-state index in [9.17, 15) is 9.59 Å². The molecule has 1 atom stereocenters. The van der Waals surface area contributed by atoms with Crippen molar-refractivity contribution < 1.29 is 19.1 Å². The number of hydrogen-bond acceptors (Lipinski definition) is 4. The third kappa shape index (κ3) is 4.38. The SMILES string of the molecule is CCOc1ccc(OC(C)C(=O)NNC(=O)C2CCC2)cc1. The summed E-state index contributed by atoms with van der Waals surface area (Å²) in [5, 5.41) is 0. The van der Waals surface area contributed by atoms with Gasteiger partial charge in [-0.15, -0.1) is 0 Å². The van der Waals surface area contributed by atoms with E-state index in [0.717, 1.165) is 25.0 Å². The zero-order valence-corrected chi connectivity index (χ0v) is 12.9. The standard InChI is InChI=1S/C16H22N2O4/c1-3-21-13-7-9-14(10-8-13)22-11(2)15(19)17-18-16(20)12-5-4-6-12/h7-12H,3-6H2,1-2H3,(H,17,19)(H,18,20). The fraction of sp³-hybridized carbons (Fsp3) is 0.500. The van der Waals surface area contributed by atoms with Crippen molar-refractivity contribution in [3.63, 3.8) is 0 Å². The van der Waals surface area contributed by atoms with Crippen molar-refractivity contribution in [1.29, 1.82) is 0 Å². The summed E-state index contributed by atoms with van der Waals surface area (Å²) in [5.41, 5.74) is 4.83. The van der Waals surface area contributed by atoms with E-state index in [2.05, 4.69) is 10.9 Å². The van der Waals surface area contributed by atoms with Crippen LogP contribution in [-0.4, -0.2) is 24.5 Å². The number of rotatable bonds is 6. The number of amides is 2. The summed E-state index contributed by atoms with van der Waals surface area (Å²) in [6.45, 7) is 4.13. The molecule has 2 rings (SSSR count). The van der Waals surface area contributed by atoms with E-state index in [1.807, 2.05) is 6.92 Å². The van der Waals surface area contributed by atoms with Crippen molar-refractivity contribution in [2.75, 3.05) is 6.61 Å². The Labute approximate surface area is 130 Å². The lowest BCUT2D eigenvalue weighted by atomic mass is 9.85. The van der Waals surface area contributed by atoms with Crippen LogP contribution in [0.1, 0.15) is 33.1 Å². The van der Waals surface area contributed by atoms with Crippen molar-refractivity contribution >= 4 is 11.8 Å². The highest BCUT2D eigenvalue weighted by molar-refractivity contribution is 5.85. The van der Waals surface area contributed by atoms with Crippen molar-refractivity contribution in [3.05, 3.63) is 24.3 Å². The van der Waals surface area contributed by atoms with Gasteiger partial charge in [0.05, 0.1) is 6.61 Å². The number of carbonyl (C=O) groups is 2. The number of nitrogens with one attached hydrogen (secondary N) is 2. The second kappa shape index (κ2) is 7.68. The monoisotopic (exact) mass is 306 g/mol. The molecule has 0 aromatic heterocycles. The first-order valence-corrected chi connectivity index (χ1v) is 7.59. The summed E-state index contributed by atoms with van der Waals surface area (Å²) in [5.74, 6) is 0.827. The largest absolute Gasteiger partial charge is 0.494 e. The molecule has 2 N–H and O–H groups in total. The van der Waals surface area contributed by atoms with Gasteiger partial charge < -0.3 is 9.47 Å². The predicted molar refractivity (Wildman–Crippen MR) is 81.3 cm³/mol. The van der Waals surface area contributed by atoms with Gasteiger partial charge in [-0.1, -0.05) is 6.42 Å². The Balaban J connectivity index is 1.76. The molecule has 2 amide bonds. The van der Waals surface area contributed by atoms with Crippen LogP contribution in [0.2, 0.25) is 0 Å². The van der Waals surface area contributed by atoms with Gasteiger partial charge in [0.1, 0.15) is 11.5 Å². The lowest BCUT2D eigenvalue weighted by molar-refractivity contribution is -0.135. The average molecular weight is 306 g/mol. The molecule has 0 saturated heterocycles. The summed E-state index contributed by atoms with van der Waals surface area (Å²) < 4.78 is 10.9. The second-order valence-electron chi connectivity index (χ2n) is 5.27. The summed E-state index contributed by atoms with van der Waals surface area (Å²) in [7, 11) is 0. The van der Waals surface area contributed by atoms with Crippen LogP contribution < -0.4 is 20.3 Å². The zero-order chi connectivity index (χ0) is 15.9. The lowest BCUT2D eigenvalue weighted by Crippen LogP contribution is -2.49. The summed E-state index contributed by atoms with van der Waals surface area (Å²) in [6, 6.07) is 7.03. The highest BCUT2D eigenvalue weighted by atomic mass is 16.5. The van der Waals surface area contributed by atoms with Gasteiger partial charge in [-0.2, -0.15) is 0 Å². The van der Waals surface area contributed by atoms with Crippen molar-refractivity contribution in [2.45, 2.75) is 39.2 Å². The Hall–Kier alpha value is -2.24. The number of carbonyl (C=O) groups excluding carboxylic acids is 2. The van der Waals surface area contributed by atoms with Gasteiger partial charge in [0, 0.05) is 5.92 Å². The number of ether oxygens (including phenoxy) is 2. The molecule has 1 fully saturated rings. The second-order valence-corrected chi connectivity index (χ2v) is 5.27. The quantitative estimate of drug-likeness (QED) is 0.786. The van der Waals surface area contributed by atoms with Crippen molar-refractivity contribution in [2.24, 2.45) is 5.92 Å². The number of benzene rings is 1. The highest BCUT2D eigenvalue weighted by Gasteiger charge is 2.26. The molecule has 0 heterocycles. The molecule has 1 unspecified atom stereocenters. The first kappa shape index (κ1) is 16.1. The van der Waals surface area contributed by atoms with Crippen LogP contribution in [0, 0.1) is 5.92 Å². The fourth-order valence-corrected chi connectivity index (χ4v) is 2.04. The van der Waals surface area contributed by atoms with Crippen LogP contribution in [0.25, 0.3) is 0 Å². The van der Waals surface area contributed by atoms with Crippen molar-refractivity contribution in [1.82, 2.24) is 10.9 Å². The van der Waals surface area contributed by atoms with Gasteiger partial charge in [-0.25, -0.2) is 0 Å². The average Bonchev–Trinajstić information content (AvgIpc) is 2.45. The molecule has 1 aliphatic carbocycles. The van der Waals surface area contributed by atoms with E-state index < -0.39 is 6.10 Å². The summed E-state index contributed by atoms with van der Waals surface area (Å²) in [6.07, 6.45) is 2.14. The van der Waals surface area contributed by atoms with E-state index in [4.69, 9.17) is 9.47 Å². The third-order valence-electron chi connectivity index (χ3n) is 3.60. The summed E-state index contributed by atoms with van der Waals surface area (Å²) in [4.78, 5) is 23.5. The van der Waals surface area contributed by atoms with E-state index in [1.165, 1.54) is 0 Å². The van der Waals surface area contributed by atoms with Gasteiger partial charge in [0.15, 0.2) is 6.10 Å². The Kier molecular flexibility index (Phi) is 5.63. The third-order valence-corrected chi connectivity index (χ3v) is 3.60. The topological polar surface area (TPSA) is 76.7 Å². The van der Waals surface area contributed by atoms with Gasteiger partial charge in [0.25, 0.3) is 5.91 Å². The van der Waals surface area contributed by atoms with Crippen LogP contribution in [-0.2, 0) is 9.59 Å². The Morgan fingerprint density at radius 1 is 1.18 bits per heavy atom. The number of hydrogen-bond donors (Lipinski definition) is 2. The molecule has 0 aliphatic heterocycles. The van der Waals surface area contributed by atoms with Crippen molar-refractivity contribution in [3.8, 4) is 11.5 Å². The minimum Gasteiger partial charge on any atom is -0.494 e. The Bertz CT molecular complexity index is 511. The first-order chi connectivity index (χ1) is 10.6. The maximum atomic E-state index is 11.9. The molecule has 1 saturated carbocycles. The van der Waals surface area contributed by atoms with Gasteiger partial charge >= 0.3 is 0 Å². The van der Waals surface area contributed by atoms with E-state index in [0.29, 0.717) is 12.4 Å². The molecule has 0 bridgehead atoms. The van der Waals surface area contributed by atoms with Crippen LogP contribution in [0.5, 0.6) is 11.5 Å². The molecule has 0 spiro atoms. The van der Waals surface area contributed by atoms with Gasteiger partial charge in [-0.3, -0.25) is 20.4 Å². The summed E-state index contributed by atoms with van der Waals surface area (Å²) >= 11 is 0. The van der Waals surface area contributed by atoms with E-state index >= 15 is 0 Å². The van der Waals surface area contributed by atoms with Crippen LogP contribution >= 0.6 is 0 Å². The molecule has 6 heteroatoms. The molecule has 1 aromatic carbocycles.